The first kappa shape index (κ1) is 25.6. The van der Waals surface area contributed by atoms with Gasteiger partial charge in [0.1, 0.15) is 0 Å². The van der Waals surface area contributed by atoms with Crippen LogP contribution in [0.25, 0.3) is 49.0 Å². The molecular formula is C42H33B2N. The summed E-state index contributed by atoms with van der Waals surface area (Å²) in [4.78, 5) is 0. The number of aryl methyl sites for hydroxylation is 6. The van der Waals surface area contributed by atoms with E-state index in [1.54, 1.807) is 0 Å². The summed E-state index contributed by atoms with van der Waals surface area (Å²) in [5, 5.41) is 8.31. The molecule has 0 saturated carbocycles. The van der Waals surface area contributed by atoms with E-state index in [1.807, 2.05) is 0 Å². The van der Waals surface area contributed by atoms with Gasteiger partial charge in [0.15, 0.2) is 0 Å². The molecule has 1 nitrogen and oxygen atoms in total. The first-order chi connectivity index (χ1) is 21.8. The van der Waals surface area contributed by atoms with Gasteiger partial charge in [-0.1, -0.05) is 135 Å². The summed E-state index contributed by atoms with van der Waals surface area (Å²) < 4.78 is 2.70. The van der Waals surface area contributed by atoms with Crippen molar-refractivity contribution >= 4 is 89.6 Å². The maximum absolute atomic E-state index is 2.70. The molecule has 2 aliphatic rings. The molecule has 0 saturated heterocycles. The van der Waals surface area contributed by atoms with Gasteiger partial charge in [0.25, 0.3) is 0 Å². The predicted octanol–water partition coefficient (Wildman–Crippen LogP) is 6.04. The number of nitrogens with zero attached hydrogens (tertiary/aromatic N) is 1. The summed E-state index contributed by atoms with van der Waals surface area (Å²) in [6.45, 7) is 14.1. The van der Waals surface area contributed by atoms with Gasteiger partial charge in [-0.25, -0.2) is 0 Å². The molecule has 3 heteroatoms. The van der Waals surface area contributed by atoms with Crippen molar-refractivity contribution in [3.8, 4) is 5.69 Å². The summed E-state index contributed by atoms with van der Waals surface area (Å²) in [6, 6.07) is 35.5. The monoisotopic (exact) mass is 573 g/mol. The standard InChI is InChI=1S/C42H33B2N/c1-22-18-24(3)38(25(4)19-22)43-32-12-9-13-33-40(32)45-41-34(43)16-14-30-28-10-7-8-11-29(28)31-15-17-35(42(45)37(31)36(30)41)44(33)39-26(5)20-23(2)21-27(39)6/h7-21H,1-6H3. The predicted molar refractivity (Wildman–Crippen MR) is 198 cm³/mol. The van der Waals surface area contributed by atoms with Crippen LogP contribution >= 0.6 is 0 Å². The minimum Gasteiger partial charge on any atom is -0.311 e. The molecule has 0 aliphatic carbocycles. The summed E-state index contributed by atoms with van der Waals surface area (Å²) in [5.74, 6) is 0. The average Bonchev–Trinajstić information content (AvgIpc) is 3.37. The van der Waals surface area contributed by atoms with Gasteiger partial charge < -0.3 is 4.57 Å². The van der Waals surface area contributed by atoms with Crippen molar-refractivity contribution in [2.45, 2.75) is 41.5 Å². The molecule has 212 valence electrons. The topological polar surface area (TPSA) is 4.93 Å². The lowest BCUT2D eigenvalue weighted by Gasteiger charge is -2.35. The molecule has 0 spiro atoms. The van der Waals surface area contributed by atoms with Crippen LogP contribution in [0, 0.1) is 41.5 Å². The molecule has 0 atom stereocenters. The van der Waals surface area contributed by atoms with Gasteiger partial charge in [0.05, 0.1) is 0 Å². The van der Waals surface area contributed by atoms with Crippen LogP contribution in [-0.4, -0.2) is 18.0 Å². The Morgan fingerprint density at radius 1 is 0.422 bits per heavy atom. The Bertz CT molecular complexity index is 2400. The van der Waals surface area contributed by atoms with E-state index in [-0.39, 0.29) is 13.4 Å². The summed E-state index contributed by atoms with van der Waals surface area (Å²) >= 11 is 0. The smallest absolute Gasteiger partial charge is 0.247 e. The zero-order valence-electron chi connectivity index (χ0n) is 26.8. The van der Waals surface area contributed by atoms with Crippen molar-refractivity contribution in [2.75, 3.05) is 0 Å². The maximum atomic E-state index is 2.70. The van der Waals surface area contributed by atoms with E-state index in [9.17, 15) is 0 Å². The second-order valence-corrected chi connectivity index (χ2v) is 14.0. The Balaban J connectivity index is 1.48. The molecule has 45 heavy (non-hydrogen) atoms. The van der Waals surface area contributed by atoms with E-state index in [1.165, 1.54) is 115 Å². The number of para-hydroxylation sites is 1. The van der Waals surface area contributed by atoms with Crippen molar-refractivity contribution < 1.29 is 0 Å². The molecule has 3 heterocycles. The lowest BCUT2D eigenvalue weighted by Crippen LogP contribution is -2.64. The van der Waals surface area contributed by atoms with E-state index in [0.29, 0.717) is 0 Å². The van der Waals surface area contributed by atoms with Crippen molar-refractivity contribution in [2.24, 2.45) is 0 Å². The second-order valence-electron chi connectivity index (χ2n) is 14.0. The first-order valence-corrected chi connectivity index (χ1v) is 16.4. The molecule has 7 aromatic carbocycles. The largest absolute Gasteiger partial charge is 0.311 e. The Labute approximate surface area is 265 Å². The highest BCUT2D eigenvalue weighted by atomic mass is 15.0. The van der Waals surface area contributed by atoms with Gasteiger partial charge in [-0.05, 0) is 84.9 Å². The molecule has 0 bridgehead atoms. The Morgan fingerprint density at radius 3 is 1.27 bits per heavy atom. The Kier molecular flexibility index (Phi) is 4.82. The lowest BCUT2D eigenvalue weighted by atomic mass is 9.30. The van der Waals surface area contributed by atoms with E-state index in [2.05, 4.69) is 137 Å². The van der Waals surface area contributed by atoms with Crippen LogP contribution in [0.2, 0.25) is 0 Å². The molecule has 8 aromatic rings. The van der Waals surface area contributed by atoms with E-state index in [4.69, 9.17) is 0 Å². The van der Waals surface area contributed by atoms with Gasteiger partial charge in [-0.3, -0.25) is 0 Å². The van der Waals surface area contributed by atoms with Gasteiger partial charge in [-0.2, -0.15) is 0 Å². The SMILES string of the molecule is Cc1cc(C)c(B2c3cccc4c3-n3c5c2ccc2c6ccccc6c6ccc(c3c6c25)B4c2c(C)cc(C)cc2C)c(C)c1. The van der Waals surface area contributed by atoms with Crippen LogP contribution < -0.4 is 32.8 Å². The van der Waals surface area contributed by atoms with Gasteiger partial charge in [0.2, 0.25) is 13.4 Å². The number of fused-ring (bicyclic) bond motifs is 3. The van der Waals surface area contributed by atoms with Gasteiger partial charge in [0, 0.05) is 27.5 Å². The van der Waals surface area contributed by atoms with Crippen LogP contribution in [0.3, 0.4) is 0 Å². The van der Waals surface area contributed by atoms with Gasteiger partial charge >= 0.3 is 0 Å². The van der Waals surface area contributed by atoms with E-state index >= 15 is 0 Å². The fraction of sp³-hybridized carbons (Fsp3) is 0.143. The van der Waals surface area contributed by atoms with Gasteiger partial charge in [-0.15, -0.1) is 0 Å². The van der Waals surface area contributed by atoms with Crippen molar-refractivity contribution in [3.05, 3.63) is 124 Å². The molecule has 0 N–H and O–H groups in total. The third-order valence-electron chi connectivity index (χ3n) is 11.2. The number of hydrogen-bond acceptors (Lipinski definition) is 0. The zero-order valence-corrected chi connectivity index (χ0v) is 26.8. The molecule has 2 aliphatic heterocycles. The normalized spacial score (nSPS) is 13.5. The quantitative estimate of drug-likeness (QED) is 0.176. The fourth-order valence-electron chi connectivity index (χ4n) is 9.96. The van der Waals surface area contributed by atoms with Crippen LogP contribution in [0.4, 0.5) is 0 Å². The summed E-state index contributed by atoms with van der Waals surface area (Å²) in [6.07, 6.45) is 0. The molecule has 1 aromatic heterocycles. The Hall–Kier alpha value is -4.75. The number of hydrogen-bond donors (Lipinski definition) is 0. The zero-order chi connectivity index (χ0) is 30.5. The number of aromatic nitrogens is 1. The lowest BCUT2D eigenvalue weighted by molar-refractivity contribution is 1.20. The summed E-state index contributed by atoms with van der Waals surface area (Å²) in [5.41, 5.74) is 21.1. The first-order valence-electron chi connectivity index (χ1n) is 16.4. The molecule has 0 unspecified atom stereocenters. The summed E-state index contributed by atoms with van der Waals surface area (Å²) in [7, 11) is 0. The van der Waals surface area contributed by atoms with Crippen LogP contribution in [0.5, 0.6) is 0 Å². The molecular weight excluding hydrogens is 540 g/mol. The fourth-order valence-corrected chi connectivity index (χ4v) is 9.96. The molecule has 0 fully saturated rings. The maximum Gasteiger partial charge on any atom is 0.247 e. The highest BCUT2D eigenvalue weighted by molar-refractivity contribution is 7.02. The number of rotatable bonds is 2. The van der Waals surface area contributed by atoms with E-state index < -0.39 is 0 Å². The van der Waals surface area contributed by atoms with Crippen molar-refractivity contribution in [1.82, 2.24) is 4.57 Å². The average molecular weight is 573 g/mol. The number of benzene rings is 7. The van der Waals surface area contributed by atoms with Crippen LogP contribution in [0.1, 0.15) is 33.4 Å². The Morgan fingerprint density at radius 2 is 0.844 bits per heavy atom. The highest BCUT2D eigenvalue weighted by Crippen LogP contribution is 2.44. The van der Waals surface area contributed by atoms with E-state index in [0.717, 1.165) is 0 Å². The van der Waals surface area contributed by atoms with Crippen molar-refractivity contribution in [1.29, 1.82) is 0 Å². The van der Waals surface area contributed by atoms with Crippen molar-refractivity contribution in [3.63, 3.8) is 0 Å². The highest BCUT2D eigenvalue weighted by Gasteiger charge is 2.43. The third-order valence-corrected chi connectivity index (χ3v) is 11.2. The molecule has 10 rings (SSSR count). The molecule has 0 amide bonds. The van der Waals surface area contributed by atoms with Crippen LogP contribution in [0.15, 0.2) is 91.0 Å². The molecule has 0 radical (unpaired) electrons. The minimum absolute atomic E-state index is 0.175. The third kappa shape index (κ3) is 3.02. The second kappa shape index (κ2) is 8.49. The minimum atomic E-state index is 0.175. The van der Waals surface area contributed by atoms with Crippen LogP contribution in [-0.2, 0) is 0 Å².